The lowest BCUT2D eigenvalue weighted by Gasteiger charge is -2.40. The molecule has 2 aliphatic heterocycles. The summed E-state index contributed by atoms with van der Waals surface area (Å²) in [5.41, 5.74) is 3.78. The van der Waals surface area contributed by atoms with Crippen molar-refractivity contribution < 1.29 is 9.63 Å². The average molecular weight is 499 g/mol. The molecule has 0 radical (unpaired) electrons. The van der Waals surface area contributed by atoms with Crippen molar-refractivity contribution in [3.8, 4) is 23.2 Å². The van der Waals surface area contributed by atoms with E-state index in [0.29, 0.717) is 40.8 Å². The van der Waals surface area contributed by atoms with E-state index < -0.39 is 6.23 Å². The molecule has 3 unspecified atom stereocenters. The second kappa shape index (κ2) is 9.25. The molecule has 2 fully saturated rings. The minimum absolute atomic E-state index is 0.183. The lowest BCUT2D eigenvalue weighted by Crippen LogP contribution is -2.47. The van der Waals surface area contributed by atoms with Crippen LogP contribution < -0.4 is 5.32 Å². The third-order valence-electron chi connectivity index (χ3n) is 7.52. The Bertz CT molecular complexity index is 1470. The summed E-state index contributed by atoms with van der Waals surface area (Å²) in [6.07, 6.45) is 8.81. The van der Waals surface area contributed by atoms with Crippen molar-refractivity contribution in [1.29, 1.82) is 5.26 Å². The zero-order valence-corrected chi connectivity index (χ0v) is 21.2. The predicted molar refractivity (Wildman–Crippen MR) is 138 cm³/mol. The summed E-state index contributed by atoms with van der Waals surface area (Å²) in [5, 5.41) is 32.6. The summed E-state index contributed by atoms with van der Waals surface area (Å²) in [6.45, 7) is 6.02. The Morgan fingerprint density at radius 3 is 2.57 bits per heavy atom. The zero-order chi connectivity index (χ0) is 25.7. The van der Waals surface area contributed by atoms with Gasteiger partial charge < -0.3 is 14.9 Å². The molecule has 6 rings (SSSR count). The Balaban J connectivity index is 1.31. The van der Waals surface area contributed by atoms with Crippen LogP contribution in [0.1, 0.15) is 63.6 Å². The van der Waals surface area contributed by atoms with Gasteiger partial charge in [0, 0.05) is 54.0 Å². The molecule has 4 aromatic heterocycles. The molecule has 3 atom stereocenters. The van der Waals surface area contributed by atoms with Gasteiger partial charge >= 0.3 is 0 Å². The van der Waals surface area contributed by atoms with Crippen molar-refractivity contribution in [1.82, 2.24) is 29.8 Å². The largest absolute Gasteiger partial charge is 0.382 e. The molecule has 2 aliphatic rings. The Morgan fingerprint density at radius 1 is 1.08 bits per heavy atom. The van der Waals surface area contributed by atoms with E-state index in [-0.39, 0.29) is 6.04 Å². The number of anilines is 1. The summed E-state index contributed by atoms with van der Waals surface area (Å²) in [7, 11) is 0. The molecule has 2 N–H and O–H groups in total. The number of hydrogen-bond donors (Lipinski definition) is 2. The maximum Gasteiger partial charge on any atom is 0.170 e. The van der Waals surface area contributed by atoms with E-state index in [9.17, 15) is 5.11 Å². The van der Waals surface area contributed by atoms with Crippen molar-refractivity contribution in [3.63, 3.8) is 0 Å². The van der Waals surface area contributed by atoms with Gasteiger partial charge in [-0.15, -0.1) is 0 Å². The van der Waals surface area contributed by atoms with Crippen LogP contribution >= 0.6 is 0 Å². The fourth-order valence-corrected chi connectivity index (χ4v) is 6.01. The molecule has 0 amide bonds. The molecule has 0 saturated carbocycles. The number of pyridine rings is 2. The second-order valence-corrected chi connectivity index (χ2v) is 10.4. The van der Waals surface area contributed by atoms with Gasteiger partial charge in [-0.3, -0.25) is 4.90 Å². The van der Waals surface area contributed by atoms with Gasteiger partial charge in [0.15, 0.2) is 17.2 Å². The van der Waals surface area contributed by atoms with Gasteiger partial charge in [-0.05, 0) is 52.5 Å². The first-order chi connectivity index (χ1) is 17.9. The lowest BCUT2D eigenvalue weighted by atomic mass is 9.87. The number of aliphatic hydroxyl groups excluding tert-OH is 1. The maximum atomic E-state index is 10.2. The number of aliphatic hydroxyl groups is 1. The van der Waals surface area contributed by atoms with E-state index in [0.717, 1.165) is 48.0 Å². The van der Waals surface area contributed by atoms with Crippen LogP contribution in [-0.2, 0) is 0 Å². The Hall–Kier alpha value is -3.81. The normalized spacial score (nSPS) is 22.4. The van der Waals surface area contributed by atoms with Crippen LogP contribution in [0.2, 0.25) is 0 Å². The number of aromatic nitrogens is 5. The van der Waals surface area contributed by atoms with Crippen molar-refractivity contribution >= 4 is 16.7 Å². The maximum absolute atomic E-state index is 10.2. The fraction of sp³-hybridized carbons (Fsp3) is 0.444. The Morgan fingerprint density at radius 2 is 1.86 bits per heavy atom. The van der Waals surface area contributed by atoms with Crippen LogP contribution in [0.4, 0.5) is 5.69 Å². The summed E-state index contributed by atoms with van der Waals surface area (Å²) in [5.74, 6) is 1.60. The third-order valence-corrected chi connectivity index (χ3v) is 7.52. The lowest BCUT2D eigenvalue weighted by molar-refractivity contribution is -0.0385. The smallest absolute Gasteiger partial charge is 0.170 e. The van der Waals surface area contributed by atoms with Crippen LogP contribution in [0, 0.1) is 11.3 Å². The summed E-state index contributed by atoms with van der Waals surface area (Å²) in [4.78, 5) is 11.4. The SMILES string of the molecule is CC(C)Nc1cc(-n2ncc3cc(C#N)cnc32)ncc1-c1cc(C2CC3CCC(C2)N3C(C)O)no1. The van der Waals surface area contributed by atoms with Gasteiger partial charge in [-0.2, -0.15) is 15.0 Å². The number of rotatable bonds is 6. The number of piperidine rings is 1. The summed E-state index contributed by atoms with van der Waals surface area (Å²) in [6, 6.07) is 8.82. The Kier molecular flexibility index (Phi) is 5.89. The summed E-state index contributed by atoms with van der Waals surface area (Å²) < 4.78 is 7.53. The van der Waals surface area contributed by atoms with Crippen molar-refractivity contribution in [2.45, 2.75) is 76.7 Å². The van der Waals surface area contributed by atoms with Gasteiger partial charge in [-0.1, -0.05) is 5.16 Å². The first-order valence-electron chi connectivity index (χ1n) is 12.8. The van der Waals surface area contributed by atoms with Gasteiger partial charge in [0.1, 0.15) is 12.3 Å². The molecular formula is C27H30N8O2. The molecular weight excluding hydrogens is 468 g/mol. The first kappa shape index (κ1) is 23.6. The van der Waals surface area contributed by atoms with Crippen molar-refractivity contribution in [2.75, 3.05) is 5.32 Å². The standard InChI is InChI=1S/C27H30N8O2/c1-15(2)32-24-10-26(35-27-19(13-31-35)6-17(11-28)12-30-27)29-14-22(24)25-9-23(33-37-25)18-7-20-4-5-21(8-18)34(20)16(3)36/h6,9-10,12-16,18,20-21,36H,4-5,7-8H2,1-3H3,(H,29,32). The van der Waals surface area contributed by atoms with E-state index in [1.807, 2.05) is 19.1 Å². The zero-order valence-electron chi connectivity index (χ0n) is 21.2. The third kappa shape index (κ3) is 4.24. The second-order valence-electron chi connectivity index (χ2n) is 10.4. The van der Waals surface area contributed by atoms with E-state index in [1.54, 1.807) is 23.1 Å². The molecule has 2 saturated heterocycles. The number of nitrogens with zero attached hydrogens (tertiary/aromatic N) is 7. The molecule has 6 heterocycles. The number of fused-ring (bicyclic) bond motifs is 3. The Labute approximate surface area is 214 Å². The van der Waals surface area contributed by atoms with Crippen molar-refractivity contribution in [3.05, 3.63) is 48.0 Å². The van der Waals surface area contributed by atoms with Crippen LogP contribution in [0.5, 0.6) is 0 Å². The van der Waals surface area contributed by atoms with Gasteiger partial charge in [0.05, 0.1) is 28.7 Å². The van der Waals surface area contributed by atoms with Gasteiger partial charge in [-0.25, -0.2) is 9.97 Å². The number of nitriles is 1. The number of nitrogens with one attached hydrogen (secondary N) is 1. The quantitative estimate of drug-likeness (QED) is 0.401. The minimum atomic E-state index is -0.406. The highest BCUT2D eigenvalue weighted by molar-refractivity contribution is 5.79. The van der Waals surface area contributed by atoms with Crippen molar-refractivity contribution in [2.24, 2.45) is 0 Å². The van der Waals surface area contributed by atoms with Crippen LogP contribution in [0.25, 0.3) is 28.2 Å². The average Bonchev–Trinajstić information content (AvgIpc) is 3.59. The van der Waals surface area contributed by atoms with E-state index in [2.05, 4.69) is 50.4 Å². The van der Waals surface area contributed by atoms with Gasteiger partial charge in [0.2, 0.25) is 0 Å². The molecule has 0 spiro atoms. The molecule has 4 aromatic rings. The monoisotopic (exact) mass is 498 g/mol. The van der Waals surface area contributed by atoms with Crippen LogP contribution in [-0.4, -0.2) is 59.3 Å². The molecule has 10 nitrogen and oxygen atoms in total. The van der Waals surface area contributed by atoms with Crippen LogP contribution in [0.15, 0.2) is 41.3 Å². The van der Waals surface area contributed by atoms with E-state index in [4.69, 9.17) is 9.78 Å². The highest BCUT2D eigenvalue weighted by Crippen LogP contribution is 2.44. The molecule has 0 aromatic carbocycles. The predicted octanol–water partition coefficient (Wildman–Crippen LogP) is 4.21. The molecule has 0 aliphatic carbocycles. The number of hydrogen-bond acceptors (Lipinski definition) is 9. The molecule has 2 bridgehead atoms. The summed E-state index contributed by atoms with van der Waals surface area (Å²) >= 11 is 0. The first-order valence-corrected chi connectivity index (χ1v) is 12.8. The van der Waals surface area contributed by atoms with Crippen LogP contribution in [0.3, 0.4) is 0 Å². The highest BCUT2D eigenvalue weighted by Gasteiger charge is 2.43. The van der Waals surface area contributed by atoms with E-state index in [1.165, 1.54) is 6.20 Å². The van der Waals surface area contributed by atoms with Gasteiger partial charge in [0.25, 0.3) is 0 Å². The topological polar surface area (TPSA) is 129 Å². The fourth-order valence-electron chi connectivity index (χ4n) is 6.01. The molecule has 37 heavy (non-hydrogen) atoms. The highest BCUT2D eigenvalue weighted by atomic mass is 16.5. The minimum Gasteiger partial charge on any atom is -0.382 e. The molecule has 10 heteroatoms. The van der Waals surface area contributed by atoms with E-state index >= 15 is 0 Å². The molecule has 190 valence electrons.